The number of nitrogens with zero attached hydrogens (tertiary/aromatic N) is 3. The number of para-hydroxylation sites is 1. The second-order valence-corrected chi connectivity index (χ2v) is 13.3. The maximum Gasteiger partial charge on any atom is 0.248 e. The van der Waals surface area contributed by atoms with Gasteiger partial charge in [-0.15, -0.1) is 11.3 Å². The Kier molecular flexibility index (Phi) is 4.96. The van der Waals surface area contributed by atoms with Crippen LogP contribution in [0.15, 0.2) is 144 Å². The highest BCUT2D eigenvalue weighted by Crippen LogP contribution is 2.42. The minimum absolute atomic E-state index is 0.531. The van der Waals surface area contributed by atoms with Gasteiger partial charge in [0.25, 0.3) is 0 Å². The van der Waals surface area contributed by atoms with E-state index in [1.54, 1.807) is 0 Å². The van der Waals surface area contributed by atoms with Gasteiger partial charge in [-0.1, -0.05) is 97.1 Å². The summed E-state index contributed by atoms with van der Waals surface area (Å²) in [6.07, 6.45) is 0. The Hall–Kier alpha value is -6.04. The fourth-order valence-corrected chi connectivity index (χ4v) is 8.51. The molecule has 4 nitrogen and oxygen atoms in total. The van der Waals surface area contributed by atoms with Crippen LogP contribution in [-0.4, -0.2) is 14.5 Å². The molecular weight excluding hydrogens is 595 g/mol. The van der Waals surface area contributed by atoms with Gasteiger partial charge in [0, 0.05) is 47.3 Å². The van der Waals surface area contributed by atoms with Crippen LogP contribution in [0.5, 0.6) is 0 Å². The summed E-state index contributed by atoms with van der Waals surface area (Å²) in [5.41, 5.74) is 6.12. The lowest BCUT2D eigenvalue weighted by atomic mass is 10.0. The summed E-state index contributed by atoms with van der Waals surface area (Å²) in [7, 11) is 0. The van der Waals surface area contributed by atoms with E-state index in [1.807, 2.05) is 29.5 Å². The molecule has 0 saturated heterocycles. The molecule has 0 aliphatic heterocycles. The van der Waals surface area contributed by atoms with Gasteiger partial charge < -0.3 is 4.42 Å². The van der Waals surface area contributed by atoms with E-state index in [1.165, 1.54) is 52.5 Å². The summed E-state index contributed by atoms with van der Waals surface area (Å²) < 4.78 is 11.3. The highest BCUT2D eigenvalue weighted by molar-refractivity contribution is 7.25. The predicted octanol–water partition coefficient (Wildman–Crippen LogP) is 11.8. The van der Waals surface area contributed by atoms with Gasteiger partial charge in [0.2, 0.25) is 5.71 Å². The van der Waals surface area contributed by atoms with E-state index in [-0.39, 0.29) is 0 Å². The van der Waals surface area contributed by atoms with Crippen molar-refractivity contribution in [1.82, 2.24) is 14.5 Å². The zero-order valence-corrected chi connectivity index (χ0v) is 25.8. The molecule has 4 aromatic heterocycles. The number of hydrogen-bond donors (Lipinski definition) is 0. The maximum absolute atomic E-state index is 6.39. The van der Waals surface area contributed by atoms with Crippen molar-refractivity contribution in [2.45, 2.75) is 0 Å². The first-order valence-electron chi connectivity index (χ1n) is 15.7. The molecule has 0 aliphatic carbocycles. The standard InChI is InChI=1S/C42H23N3OS/c1-2-11-26-23-34-32(21-25(26)10-1)30-19-17-24-9-3-4-12-28(24)40(30)45(34)41-38(43-39-31-14-5-7-15-35(31)46-42(39)44-41)27-18-20-37-33(22-27)29-13-6-8-16-36(29)47-37/h1-23H. The second kappa shape index (κ2) is 9.25. The van der Waals surface area contributed by atoms with E-state index in [4.69, 9.17) is 14.4 Å². The number of furan rings is 1. The summed E-state index contributed by atoms with van der Waals surface area (Å²) in [5.74, 6) is 0.752. The molecule has 0 saturated carbocycles. The van der Waals surface area contributed by atoms with Crippen molar-refractivity contribution in [3.8, 4) is 17.1 Å². The molecule has 0 fully saturated rings. The average Bonchev–Trinajstić information content (AvgIpc) is 3.78. The lowest BCUT2D eigenvalue weighted by Gasteiger charge is -2.14. The van der Waals surface area contributed by atoms with Gasteiger partial charge in [-0.3, -0.25) is 4.57 Å². The number of hydrogen-bond acceptors (Lipinski definition) is 4. The third-order valence-corrected chi connectivity index (χ3v) is 10.7. The molecule has 4 heterocycles. The van der Waals surface area contributed by atoms with Crippen molar-refractivity contribution in [3.63, 3.8) is 0 Å². The van der Waals surface area contributed by atoms with Crippen molar-refractivity contribution in [2.75, 3.05) is 0 Å². The zero-order valence-electron chi connectivity index (χ0n) is 24.9. The largest absolute Gasteiger partial charge is 0.436 e. The minimum Gasteiger partial charge on any atom is -0.436 e. The normalized spacial score (nSPS) is 12.3. The Bertz CT molecular complexity index is 3090. The topological polar surface area (TPSA) is 43.9 Å². The van der Waals surface area contributed by atoms with Gasteiger partial charge in [0.15, 0.2) is 5.82 Å². The highest BCUT2D eigenvalue weighted by atomic mass is 32.1. The SMILES string of the molecule is c1ccc2cc3c(cc2c1)c1ccc2ccccc2c1n3-c1nc2oc3ccccc3c2nc1-c1ccc2sc3ccccc3c2c1. The first kappa shape index (κ1) is 25.2. The van der Waals surface area contributed by atoms with E-state index in [0.29, 0.717) is 5.71 Å². The van der Waals surface area contributed by atoms with Gasteiger partial charge in [-0.2, -0.15) is 4.98 Å². The Morgan fingerprint density at radius 3 is 2.13 bits per heavy atom. The van der Waals surface area contributed by atoms with Gasteiger partial charge in [-0.25, -0.2) is 4.98 Å². The van der Waals surface area contributed by atoms with Crippen molar-refractivity contribution in [3.05, 3.63) is 140 Å². The monoisotopic (exact) mass is 617 g/mol. The van der Waals surface area contributed by atoms with Crippen LogP contribution in [0.4, 0.5) is 0 Å². The Morgan fingerprint density at radius 1 is 0.511 bits per heavy atom. The molecule has 0 spiro atoms. The van der Waals surface area contributed by atoms with Crippen LogP contribution in [-0.2, 0) is 0 Å². The first-order valence-corrected chi connectivity index (χ1v) is 16.6. The Morgan fingerprint density at radius 2 is 1.23 bits per heavy atom. The van der Waals surface area contributed by atoms with Gasteiger partial charge in [-0.05, 0) is 58.6 Å². The lowest BCUT2D eigenvalue weighted by molar-refractivity contribution is 0.652. The molecule has 0 radical (unpaired) electrons. The van der Waals surface area contributed by atoms with Crippen LogP contribution in [0.2, 0.25) is 0 Å². The summed E-state index contributed by atoms with van der Waals surface area (Å²) in [4.78, 5) is 10.8. The van der Waals surface area contributed by atoms with Crippen molar-refractivity contribution in [2.24, 2.45) is 0 Å². The third kappa shape index (κ3) is 3.52. The molecule has 0 amide bonds. The maximum atomic E-state index is 6.39. The molecule has 47 heavy (non-hydrogen) atoms. The number of aromatic nitrogens is 3. The summed E-state index contributed by atoms with van der Waals surface area (Å²) in [6.45, 7) is 0. The fraction of sp³-hybridized carbons (Fsp3) is 0. The molecule has 11 aromatic rings. The van der Waals surface area contributed by atoms with Crippen LogP contribution in [0, 0.1) is 0 Å². The molecule has 7 aromatic carbocycles. The molecule has 0 unspecified atom stereocenters. The minimum atomic E-state index is 0.531. The van der Waals surface area contributed by atoms with Crippen molar-refractivity contribution < 1.29 is 4.42 Å². The molecule has 0 bridgehead atoms. The third-order valence-electron chi connectivity index (χ3n) is 9.58. The predicted molar refractivity (Wildman–Crippen MR) is 197 cm³/mol. The van der Waals surface area contributed by atoms with E-state index in [2.05, 4.69) is 126 Å². The second-order valence-electron chi connectivity index (χ2n) is 12.2. The van der Waals surface area contributed by atoms with Gasteiger partial charge in [0.05, 0.1) is 11.0 Å². The summed E-state index contributed by atoms with van der Waals surface area (Å²) >= 11 is 1.82. The van der Waals surface area contributed by atoms with Crippen LogP contribution in [0.3, 0.4) is 0 Å². The number of thiophene rings is 1. The summed E-state index contributed by atoms with van der Waals surface area (Å²) in [5, 5.41) is 10.5. The van der Waals surface area contributed by atoms with E-state index in [9.17, 15) is 0 Å². The van der Waals surface area contributed by atoms with Gasteiger partial charge in [0.1, 0.15) is 16.8 Å². The van der Waals surface area contributed by atoms with Crippen molar-refractivity contribution in [1.29, 1.82) is 0 Å². The molecule has 11 rings (SSSR count). The smallest absolute Gasteiger partial charge is 0.248 e. The quantitative estimate of drug-likeness (QED) is 0.194. The molecule has 0 atom stereocenters. The van der Waals surface area contributed by atoms with E-state index < -0.39 is 0 Å². The van der Waals surface area contributed by atoms with Crippen LogP contribution < -0.4 is 0 Å². The Labute approximate surface area is 271 Å². The lowest BCUT2D eigenvalue weighted by Crippen LogP contribution is -2.03. The molecule has 0 aliphatic rings. The van der Waals surface area contributed by atoms with Crippen LogP contribution >= 0.6 is 11.3 Å². The molecule has 0 N–H and O–H groups in total. The van der Waals surface area contributed by atoms with E-state index >= 15 is 0 Å². The fourth-order valence-electron chi connectivity index (χ4n) is 7.42. The Balaban J connectivity index is 1.34. The number of rotatable bonds is 2. The summed E-state index contributed by atoms with van der Waals surface area (Å²) in [6, 6.07) is 49.7. The van der Waals surface area contributed by atoms with E-state index in [0.717, 1.165) is 44.6 Å². The molecule has 218 valence electrons. The van der Waals surface area contributed by atoms with Crippen LogP contribution in [0.1, 0.15) is 0 Å². The average molecular weight is 618 g/mol. The molecule has 5 heteroatoms. The first-order chi connectivity index (χ1) is 23.3. The number of benzene rings is 7. The van der Waals surface area contributed by atoms with Gasteiger partial charge >= 0.3 is 0 Å². The van der Waals surface area contributed by atoms with Crippen molar-refractivity contribution >= 4 is 97.1 Å². The number of fused-ring (bicyclic) bond motifs is 12. The highest BCUT2D eigenvalue weighted by Gasteiger charge is 2.23. The molecular formula is C42H23N3OS. The van der Waals surface area contributed by atoms with Crippen LogP contribution in [0.25, 0.3) is 103 Å². The zero-order chi connectivity index (χ0) is 30.6.